The fraction of sp³-hybridized carbons (Fsp3) is 0.0588. The lowest BCUT2D eigenvalue weighted by Gasteiger charge is -2.08. The second kappa shape index (κ2) is 5.24. The SMILES string of the molecule is Cc1nc(-c2ncccc2-c2cc3ccnn3cn2)ccc1F. The molecule has 0 aliphatic rings. The molecule has 6 heteroatoms. The molecule has 0 N–H and O–H groups in total. The van der Waals surface area contributed by atoms with E-state index in [1.807, 2.05) is 24.3 Å². The van der Waals surface area contributed by atoms with Gasteiger partial charge in [-0.3, -0.25) is 4.98 Å². The van der Waals surface area contributed by atoms with Crippen molar-refractivity contribution in [3.63, 3.8) is 0 Å². The number of hydrogen-bond donors (Lipinski definition) is 0. The van der Waals surface area contributed by atoms with Crippen LogP contribution >= 0.6 is 0 Å². The zero-order valence-corrected chi connectivity index (χ0v) is 12.3. The number of nitrogens with zero attached hydrogens (tertiary/aromatic N) is 5. The Labute approximate surface area is 131 Å². The van der Waals surface area contributed by atoms with E-state index in [4.69, 9.17) is 0 Å². The Hall–Kier alpha value is -3.15. The lowest BCUT2D eigenvalue weighted by atomic mass is 10.1. The third-order valence-corrected chi connectivity index (χ3v) is 3.64. The monoisotopic (exact) mass is 305 g/mol. The maximum Gasteiger partial charge on any atom is 0.144 e. The first kappa shape index (κ1) is 13.5. The summed E-state index contributed by atoms with van der Waals surface area (Å²) in [6.45, 7) is 1.64. The molecular formula is C17H12FN5. The normalized spacial score (nSPS) is 11.0. The molecule has 0 radical (unpaired) electrons. The zero-order valence-electron chi connectivity index (χ0n) is 12.3. The predicted molar refractivity (Wildman–Crippen MR) is 84.1 cm³/mol. The summed E-state index contributed by atoms with van der Waals surface area (Å²) >= 11 is 0. The van der Waals surface area contributed by atoms with E-state index < -0.39 is 0 Å². The van der Waals surface area contributed by atoms with E-state index >= 15 is 0 Å². The summed E-state index contributed by atoms with van der Waals surface area (Å²) in [5.74, 6) is -0.329. The van der Waals surface area contributed by atoms with E-state index in [0.717, 1.165) is 16.8 Å². The van der Waals surface area contributed by atoms with E-state index in [1.165, 1.54) is 6.07 Å². The molecule has 0 bridgehead atoms. The van der Waals surface area contributed by atoms with E-state index in [2.05, 4.69) is 20.1 Å². The minimum atomic E-state index is -0.329. The molecule has 0 atom stereocenters. The Morgan fingerprint density at radius 1 is 1.00 bits per heavy atom. The fourth-order valence-electron chi connectivity index (χ4n) is 2.47. The van der Waals surface area contributed by atoms with E-state index in [0.29, 0.717) is 17.1 Å². The van der Waals surface area contributed by atoms with Crippen molar-refractivity contribution in [3.8, 4) is 22.6 Å². The topological polar surface area (TPSA) is 56.0 Å². The second-order valence-electron chi connectivity index (χ2n) is 5.14. The molecule has 4 heterocycles. The minimum Gasteiger partial charge on any atom is -0.254 e. The van der Waals surface area contributed by atoms with Crippen molar-refractivity contribution in [2.24, 2.45) is 0 Å². The molecule has 0 saturated heterocycles. The molecule has 0 saturated carbocycles. The molecule has 4 aromatic rings. The third kappa shape index (κ3) is 2.34. The lowest BCUT2D eigenvalue weighted by Crippen LogP contribution is -1.97. The van der Waals surface area contributed by atoms with E-state index in [9.17, 15) is 4.39 Å². The van der Waals surface area contributed by atoms with Gasteiger partial charge in [-0.1, -0.05) is 0 Å². The van der Waals surface area contributed by atoms with Crippen LogP contribution in [0.15, 0.2) is 55.1 Å². The van der Waals surface area contributed by atoms with Gasteiger partial charge in [0.05, 0.1) is 34.5 Å². The highest BCUT2D eigenvalue weighted by molar-refractivity contribution is 5.78. The van der Waals surface area contributed by atoms with Gasteiger partial charge in [-0.2, -0.15) is 5.10 Å². The molecule has 0 amide bonds. The van der Waals surface area contributed by atoms with Crippen LogP contribution in [0, 0.1) is 12.7 Å². The van der Waals surface area contributed by atoms with Crippen molar-refractivity contribution >= 4 is 5.52 Å². The van der Waals surface area contributed by atoms with Gasteiger partial charge in [0.25, 0.3) is 0 Å². The van der Waals surface area contributed by atoms with Gasteiger partial charge >= 0.3 is 0 Å². The molecule has 112 valence electrons. The summed E-state index contributed by atoms with van der Waals surface area (Å²) in [6.07, 6.45) is 5.07. The van der Waals surface area contributed by atoms with Crippen LogP contribution in [0.3, 0.4) is 0 Å². The van der Waals surface area contributed by atoms with Gasteiger partial charge in [0.2, 0.25) is 0 Å². The van der Waals surface area contributed by atoms with E-state index in [1.54, 1.807) is 36.2 Å². The Morgan fingerprint density at radius 3 is 2.78 bits per heavy atom. The van der Waals surface area contributed by atoms with Gasteiger partial charge < -0.3 is 0 Å². The van der Waals surface area contributed by atoms with Crippen LogP contribution in [0.25, 0.3) is 28.2 Å². The maximum absolute atomic E-state index is 13.5. The number of pyridine rings is 2. The van der Waals surface area contributed by atoms with Crippen LogP contribution in [0.2, 0.25) is 0 Å². The van der Waals surface area contributed by atoms with Crippen molar-refractivity contribution in [1.82, 2.24) is 24.6 Å². The first-order valence-corrected chi connectivity index (χ1v) is 7.11. The molecule has 4 rings (SSSR count). The number of aryl methyl sites for hydroxylation is 1. The van der Waals surface area contributed by atoms with Crippen molar-refractivity contribution < 1.29 is 4.39 Å². The summed E-state index contributed by atoms with van der Waals surface area (Å²) in [5.41, 5.74) is 4.19. The summed E-state index contributed by atoms with van der Waals surface area (Å²) in [5, 5.41) is 4.14. The molecule has 0 spiro atoms. The minimum absolute atomic E-state index is 0.329. The highest BCUT2D eigenvalue weighted by atomic mass is 19.1. The smallest absolute Gasteiger partial charge is 0.144 e. The van der Waals surface area contributed by atoms with Crippen molar-refractivity contribution in [2.75, 3.05) is 0 Å². The van der Waals surface area contributed by atoms with Crippen molar-refractivity contribution in [1.29, 1.82) is 0 Å². The molecule has 0 aromatic carbocycles. The molecule has 0 aliphatic heterocycles. The Balaban J connectivity index is 1.90. The average Bonchev–Trinajstić information content (AvgIpc) is 3.05. The summed E-state index contributed by atoms with van der Waals surface area (Å²) in [7, 11) is 0. The number of fused-ring (bicyclic) bond motifs is 1. The quantitative estimate of drug-likeness (QED) is 0.570. The molecule has 0 unspecified atom stereocenters. The molecule has 5 nitrogen and oxygen atoms in total. The van der Waals surface area contributed by atoms with Crippen molar-refractivity contribution in [2.45, 2.75) is 6.92 Å². The Kier molecular flexibility index (Phi) is 3.08. The third-order valence-electron chi connectivity index (χ3n) is 3.64. The first-order chi connectivity index (χ1) is 11.2. The number of rotatable bonds is 2. The summed E-state index contributed by atoms with van der Waals surface area (Å²) < 4.78 is 15.2. The Bertz CT molecular complexity index is 1010. The van der Waals surface area contributed by atoms with Gasteiger partial charge in [0.1, 0.15) is 12.1 Å². The maximum atomic E-state index is 13.5. The van der Waals surface area contributed by atoms with Crippen LogP contribution in [-0.2, 0) is 0 Å². The zero-order chi connectivity index (χ0) is 15.8. The van der Waals surface area contributed by atoms with Gasteiger partial charge in [-0.15, -0.1) is 0 Å². The van der Waals surface area contributed by atoms with Gasteiger partial charge in [-0.05, 0) is 43.3 Å². The molecule has 0 fully saturated rings. The molecule has 0 aliphatic carbocycles. The second-order valence-corrected chi connectivity index (χ2v) is 5.14. The van der Waals surface area contributed by atoms with E-state index in [-0.39, 0.29) is 5.82 Å². The van der Waals surface area contributed by atoms with Crippen LogP contribution in [0.4, 0.5) is 4.39 Å². The van der Waals surface area contributed by atoms with Crippen LogP contribution in [0.1, 0.15) is 5.69 Å². The average molecular weight is 305 g/mol. The fourth-order valence-corrected chi connectivity index (χ4v) is 2.47. The van der Waals surface area contributed by atoms with Gasteiger partial charge in [-0.25, -0.2) is 18.9 Å². The van der Waals surface area contributed by atoms with Crippen LogP contribution in [0.5, 0.6) is 0 Å². The number of aromatic nitrogens is 5. The van der Waals surface area contributed by atoms with Crippen LogP contribution < -0.4 is 0 Å². The summed E-state index contributed by atoms with van der Waals surface area (Å²) in [6, 6.07) is 10.6. The highest BCUT2D eigenvalue weighted by Crippen LogP contribution is 2.28. The first-order valence-electron chi connectivity index (χ1n) is 7.11. The Morgan fingerprint density at radius 2 is 1.91 bits per heavy atom. The van der Waals surface area contributed by atoms with Gasteiger partial charge in [0, 0.05) is 11.8 Å². The number of hydrogen-bond acceptors (Lipinski definition) is 4. The summed E-state index contributed by atoms with van der Waals surface area (Å²) in [4.78, 5) is 13.1. The van der Waals surface area contributed by atoms with Gasteiger partial charge in [0.15, 0.2) is 0 Å². The molecule has 4 aromatic heterocycles. The highest BCUT2D eigenvalue weighted by Gasteiger charge is 2.13. The van der Waals surface area contributed by atoms with Crippen molar-refractivity contribution in [3.05, 3.63) is 66.6 Å². The molecule has 23 heavy (non-hydrogen) atoms. The molecular weight excluding hydrogens is 293 g/mol. The lowest BCUT2D eigenvalue weighted by molar-refractivity contribution is 0.610. The largest absolute Gasteiger partial charge is 0.254 e. The predicted octanol–water partition coefficient (Wildman–Crippen LogP) is 3.30. The standard InChI is InChI=1S/C17H12FN5/c1-11-14(18)4-5-15(22-11)17-13(3-2-7-19-17)16-9-12-6-8-21-23(12)10-20-16/h2-10H,1H3. The van der Waals surface area contributed by atoms with Crippen LogP contribution in [-0.4, -0.2) is 24.6 Å². The number of halogens is 1.